The van der Waals surface area contributed by atoms with Gasteiger partial charge < -0.3 is 24.8 Å². The van der Waals surface area contributed by atoms with Crippen LogP contribution in [-0.2, 0) is 32.4 Å². The van der Waals surface area contributed by atoms with Crippen LogP contribution in [0.1, 0.15) is 11.1 Å². The summed E-state index contributed by atoms with van der Waals surface area (Å²) in [7, 11) is -2.16. The molecule has 3 aromatic carbocycles. The molecular formula is C28H33N6O6S2-. The Kier molecular flexibility index (Phi) is 10.8. The van der Waals surface area contributed by atoms with E-state index in [-0.39, 0.29) is 16.3 Å². The number of carbonyl (C=O) groups is 1. The summed E-state index contributed by atoms with van der Waals surface area (Å²) in [6.45, 7) is 4.71. The lowest BCUT2D eigenvalue weighted by Crippen LogP contribution is -2.49. The van der Waals surface area contributed by atoms with Crippen LogP contribution in [0.2, 0.25) is 0 Å². The van der Waals surface area contributed by atoms with Crippen LogP contribution in [0.3, 0.4) is 0 Å². The highest BCUT2D eigenvalue weighted by atomic mass is 32.2. The van der Waals surface area contributed by atoms with Gasteiger partial charge in [0.25, 0.3) is 0 Å². The van der Waals surface area contributed by atoms with Crippen LogP contribution in [0.15, 0.2) is 82.6 Å². The maximum absolute atomic E-state index is 12.7. The van der Waals surface area contributed by atoms with E-state index in [4.69, 9.17) is 10.1 Å². The Morgan fingerprint density at radius 2 is 1.64 bits per heavy atom. The molecule has 12 nitrogen and oxygen atoms in total. The van der Waals surface area contributed by atoms with E-state index < -0.39 is 27.1 Å². The van der Waals surface area contributed by atoms with Crippen molar-refractivity contribution >= 4 is 44.3 Å². The average molecular weight is 614 g/mol. The summed E-state index contributed by atoms with van der Waals surface area (Å²) in [5, 5.41) is 14.1. The Morgan fingerprint density at radius 1 is 0.976 bits per heavy atom. The molecule has 1 fully saturated rings. The van der Waals surface area contributed by atoms with Gasteiger partial charge in [0.05, 0.1) is 11.5 Å². The van der Waals surface area contributed by atoms with Gasteiger partial charge in [-0.15, -0.1) is 0 Å². The van der Waals surface area contributed by atoms with Crippen LogP contribution in [-0.4, -0.2) is 85.3 Å². The van der Waals surface area contributed by atoms with Crippen LogP contribution >= 0.6 is 0 Å². The molecule has 1 heterocycles. The molecule has 4 N–H and O–H groups in total. The summed E-state index contributed by atoms with van der Waals surface area (Å²) >= 11 is -2.35. The van der Waals surface area contributed by atoms with Gasteiger partial charge in [-0.3, -0.25) is 14.5 Å². The molecule has 4 rings (SSSR count). The Hall–Kier alpha value is -3.66. The van der Waals surface area contributed by atoms with Gasteiger partial charge in [0.15, 0.2) is 0 Å². The molecule has 0 bridgehead atoms. The van der Waals surface area contributed by atoms with Crippen molar-refractivity contribution < 1.29 is 26.7 Å². The van der Waals surface area contributed by atoms with Crippen molar-refractivity contribution in [3.05, 3.63) is 83.9 Å². The number of piperazine rings is 1. The SMILES string of the molecule is COCCN1CCN(C(=N)c2cccc(NC(=O)Nc3ccc(S(=O)(=O)NCc4ccc(S(=O)[O-])cc4)cc3)c2)CC1. The summed E-state index contributed by atoms with van der Waals surface area (Å²) in [6.07, 6.45) is 0. The highest BCUT2D eigenvalue weighted by Gasteiger charge is 2.20. The molecule has 1 saturated heterocycles. The molecule has 3 aromatic rings. The van der Waals surface area contributed by atoms with Crippen molar-refractivity contribution in [2.24, 2.45) is 0 Å². The van der Waals surface area contributed by atoms with Gasteiger partial charge in [-0.2, -0.15) is 0 Å². The lowest BCUT2D eigenvalue weighted by Gasteiger charge is -2.36. The summed E-state index contributed by atoms with van der Waals surface area (Å²) in [6, 6.07) is 18.1. The molecule has 14 heteroatoms. The highest BCUT2D eigenvalue weighted by Crippen LogP contribution is 2.17. The van der Waals surface area contributed by atoms with Crippen LogP contribution in [0.5, 0.6) is 0 Å². The second-order valence-corrected chi connectivity index (χ2v) is 12.3. The van der Waals surface area contributed by atoms with Crippen LogP contribution in [0.25, 0.3) is 0 Å². The first-order valence-corrected chi connectivity index (χ1v) is 15.7. The van der Waals surface area contributed by atoms with Gasteiger partial charge in [0.2, 0.25) is 10.0 Å². The summed E-state index contributed by atoms with van der Waals surface area (Å²) in [4.78, 5) is 17.1. The number of urea groups is 1. The molecule has 1 aliphatic heterocycles. The third-order valence-corrected chi connectivity index (χ3v) is 8.77. The summed E-state index contributed by atoms with van der Waals surface area (Å²) in [5.41, 5.74) is 2.20. The molecule has 0 saturated carbocycles. The summed E-state index contributed by atoms with van der Waals surface area (Å²) < 4.78 is 54.9. The van der Waals surface area contributed by atoms with Gasteiger partial charge in [-0.25, -0.2) is 17.9 Å². The van der Waals surface area contributed by atoms with Crippen molar-refractivity contribution in [2.45, 2.75) is 16.3 Å². The average Bonchev–Trinajstić information content (AvgIpc) is 2.99. The molecule has 0 aliphatic carbocycles. The van der Waals surface area contributed by atoms with Gasteiger partial charge in [0.1, 0.15) is 5.84 Å². The smallest absolute Gasteiger partial charge is 0.323 e. The first kappa shape index (κ1) is 31.3. The number of ether oxygens (including phenoxy) is 1. The van der Waals surface area contributed by atoms with E-state index in [2.05, 4.69) is 20.3 Å². The molecule has 1 unspecified atom stereocenters. The largest absolute Gasteiger partial charge is 0.768 e. The minimum absolute atomic E-state index is 0.0106. The van der Waals surface area contributed by atoms with Gasteiger partial charge in [-0.05, 0) is 65.2 Å². The number of amidine groups is 1. The molecular weight excluding hydrogens is 580 g/mol. The minimum Gasteiger partial charge on any atom is -0.768 e. The third kappa shape index (κ3) is 8.67. The number of nitrogens with zero attached hydrogens (tertiary/aromatic N) is 2. The van der Waals surface area contributed by atoms with Crippen LogP contribution in [0.4, 0.5) is 16.2 Å². The fourth-order valence-electron chi connectivity index (χ4n) is 4.33. The topological polar surface area (TPSA) is 167 Å². The molecule has 224 valence electrons. The van der Waals surface area contributed by atoms with E-state index >= 15 is 0 Å². The van der Waals surface area contributed by atoms with E-state index in [1.54, 1.807) is 25.3 Å². The number of amides is 2. The number of carbonyl (C=O) groups excluding carboxylic acids is 1. The lowest BCUT2D eigenvalue weighted by molar-refractivity contribution is 0.120. The second-order valence-electron chi connectivity index (χ2n) is 9.56. The third-order valence-electron chi connectivity index (χ3n) is 6.70. The number of sulfonamides is 1. The standard InChI is InChI=1S/C28H34N6O6S2/c1-40-18-17-33-13-15-34(16-14-33)27(29)22-3-2-4-24(19-22)32-28(35)31-23-7-11-26(12-8-23)42(38,39)30-20-21-5-9-25(10-6-21)41(36)37/h2-12,19,29-30H,13-18,20H2,1H3,(H,36,37)(H2,31,32,35)/p-1. The first-order chi connectivity index (χ1) is 20.1. The van der Waals surface area contributed by atoms with E-state index in [9.17, 15) is 22.0 Å². The Bertz CT molecular complexity index is 1510. The normalized spacial score (nSPS) is 14.8. The number of methoxy groups -OCH3 is 1. The fraction of sp³-hybridized carbons (Fsp3) is 0.286. The van der Waals surface area contributed by atoms with Crippen molar-refractivity contribution in [3.8, 4) is 0 Å². The number of hydrogen-bond acceptors (Lipinski definition) is 8. The minimum atomic E-state index is -3.84. The number of rotatable bonds is 11. The number of benzene rings is 3. The Labute approximate surface area is 247 Å². The Morgan fingerprint density at radius 3 is 2.29 bits per heavy atom. The number of hydrogen-bond donors (Lipinski definition) is 4. The number of nitrogens with one attached hydrogen (secondary N) is 4. The zero-order chi connectivity index (χ0) is 30.1. The van der Waals surface area contributed by atoms with E-state index in [1.165, 1.54) is 48.5 Å². The predicted molar refractivity (Wildman–Crippen MR) is 160 cm³/mol. The molecule has 0 aromatic heterocycles. The van der Waals surface area contributed by atoms with Crippen molar-refractivity contribution in [1.82, 2.24) is 14.5 Å². The van der Waals surface area contributed by atoms with E-state index in [0.29, 0.717) is 34.9 Å². The fourth-order valence-corrected chi connectivity index (χ4v) is 5.71. The maximum Gasteiger partial charge on any atom is 0.323 e. The lowest BCUT2D eigenvalue weighted by atomic mass is 10.1. The molecule has 1 atom stereocenters. The summed E-state index contributed by atoms with van der Waals surface area (Å²) in [5.74, 6) is 0.395. The molecule has 0 radical (unpaired) electrons. The van der Waals surface area contributed by atoms with E-state index in [0.717, 1.165) is 32.7 Å². The van der Waals surface area contributed by atoms with Crippen molar-refractivity contribution in [2.75, 3.05) is 57.1 Å². The van der Waals surface area contributed by atoms with Crippen molar-refractivity contribution in [1.29, 1.82) is 5.41 Å². The first-order valence-electron chi connectivity index (χ1n) is 13.2. The maximum atomic E-state index is 12.7. The Balaban J connectivity index is 1.28. The molecule has 1 aliphatic rings. The zero-order valence-corrected chi connectivity index (χ0v) is 24.7. The molecule has 2 amide bonds. The second kappa shape index (κ2) is 14.5. The van der Waals surface area contributed by atoms with Gasteiger partial charge in [-0.1, -0.05) is 24.3 Å². The number of anilines is 2. The predicted octanol–water partition coefficient (Wildman–Crippen LogP) is 2.64. The monoisotopic (exact) mass is 613 g/mol. The van der Waals surface area contributed by atoms with Gasteiger partial charge in [0, 0.05) is 68.2 Å². The van der Waals surface area contributed by atoms with Gasteiger partial charge >= 0.3 is 6.03 Å². The van der Waals surface area contributed by atoms with Crippen LogP contribution < -0.4 is 15.4 Å². The zero-order valence-electron chi connectivity index (χ0n) is 23.0. The van der Waals surface area contributed by atoms with Crippen LogP contribution in [0, 0.1) is 5.41 Å². The quantitative estimate of drug-likeness (QED) is 0.145. The molecule has 42 heavy (non-hydrogen) atoms. The highest BCUT2D eigenvalue weighted by molar-refractivity contribution is 7.89. The van der Waals surface area contributed by atoms with E-state index in [1.807, 2.05) is 11.0 Å². The van der Waals surface area contributed by atoms with Crippen molar-refractivity contribution in [3.63, 3.8) is 0 Å². The molecule has 0 spiro atoms.